The number of sulfonamides is 1. The molecule has 1 aromatic rings. The van der Waals surface area contributed by atoms with Gasteiger partial charge in [-0.3, -0.25) is 4.72 Å². The molecule has 6 heteroatoms. The summed E-state index contributed by atoms with van der Waals surface area (Å²) < 4.78 is 25.9. The van der Waals surface area contributed by atoms with Gasteiger partial charge in [-0.25, -0.2) is 8.42 Å². The Morgan fingerprint density at radius 1 is 1.29 bits per heavy atom. The first-order valence-corrected chi connectivity index (χ1v) is 7.54. The molecule has 0 fully saturated rings. The van der Waals surface area contributed by atoms with Gasteiger partial charge in [-0.2, -0.15) is 0 Å². The van der Waals surface area contributed by atoms with E-state index in [1.165, 1.54) is 0 Å². The molecule has 0 aliphatic heterocycles. The normalized spacial score (nSPS) is 11.4. The monoisotopic (exact) mass is 276 g/mol. The van der Waals surface area contributed by atoms with Gasteiger partial charge in [0.05, 0.1) is 16.5 Å². The second-order valence-corrected chi connectivity index (χ2v) is 5.86. The van der Waals surface area contributed by atoms with Crippen LogP contribution in [0.1, 0.15) is 13.3 Å². The minimum Gasteiger partial charge on any atom is -0.317 e. The van der Waals surface area contributed by atoms with Gasteiger partial charge in [-0.05, 0) is 31.6 Å². The van der Waals surface area contributed by atoms with Crippen molar-refractivity contribution in [2.45, 2.75) is 13.3 Å². The Labute approximate surface area is 107 Å². The lowest BCUT2D eigenvalue weighted by Crippen LogP contribution is -2.21. The first kappa shape index (κ1) is 14.3. The van der Waals surface area contributed by atoms with Crippen LogP contribution in [0.4, 0.5) is 5.69 Å². The molecule has 0 aliphatic carbocycles. The van der Waals surface area contributed by atoms with Gasteiger partial charge in [0, 0.05) is 0 Å². The molecule has 0 heterocycles. The van der Waals surface area contributed by atoms with Crippen molar-refractivity contribution in [1.82, 2.24) is 5.32 Å². The van der Waals surface area contributed by atoms with E-state index < -0.39 is 10.0 Å². The molecular weight excluding hydrogens is 260 g/mol. The SMILES string of the molecule is CCNCCCS(=O)(=O)Nc1ccccc1Cl. The Balaban J connectivity index is 2.52. The lowest BCUT2D eigenvalue weighted by Gasteiger charge is -2.09. The molecule has 0 unspecified atom stereocenters. The molecule has 0 spiro atoms. The number of hydrogen-bond donors (Lipinski definition) is 2. The first-order valence-electron chi connectivity index (χ1n) is 5.51. The molecule has 0 amide bonds. The van der Waals surface area contributed by atoms with Gasteiger partial charge >= 0.3 is 0 Å². The molecule has 2 N–H and O–H groups in total. The summed E-state index contributed by atoms with van der Waals surface area (Å²) in [4.78, 5) is 0. The zero-order valence-electron chi connectivity index (χ0n) is 9.74. The molecule has 0 bridgehead atoms. The average Bonchev–Trinajstić information content (AvgIpc) is 2.28. The molecule has 4 nitrogen and oxygen atoms in total. The zero-order chi connectivity index (χ0) is 12.7. The van der Waals surface area contributed by atoms with E-state index >= 15 is 0 Å². The first-order chi connectivity index (χ1) is 8.05. The zero-order valence-corrected chi connectivity index (χ0v) is 11.3. The number of rotatable bonds is 7. The summed E-state index contributed by atoms with van der Waals surface area (Å²) in [5.74, 6) is 0.0885. The van der Waals surface area contributed by atoms with Crippen LogP contribution in [0, 0.1) is 0 Å². The predicted molar refractivity (Wildman–Crippen MR) is 72.0 cm³/mol. The van der Waals surface area contributed by atoms with Gasteiger partial charge in [0.1, 0.15) is 0 Å². The highest BCUT2D eigenvalue weighted by atomic mass is 35.5. The summed E-state index contributed by atoms with van der Waals surface area (Å²) in [6.45, 7) is 3.52. The maximum atomic E-state index is 11.7. The quantitative estimate of drug-likeness (QED) is 0.750. The van der Waals surface area contributed by atoms with Crippen molar-refractivity contribution >= 4 is 27.3 Å². The Hall–Kier alpha value is -0.780. The third kappa shape index (κ3) is 5.39. The van der Waals surface area contributed by atoms with E-state index in [0.29, 0.717) is 23.7 Å². The van der Waals surface area contributed by atoms with Crippen LogP contribution in [0.15, 0.2) is 24.3 Å². The predicted octanol–water partition coefficient (Wildman–Crippen LogP) is 2.08. The highest BCUT2D eigenvalue weighted by Crippen LogP contribution is 2.21. The smallest absolute Gasteiger partial charge is 0.232 e. The van der Waals surface area contributed by atoms with E-state index in [0.717, 1.165) is 6.54 Å². The molecule has 0 atom stereocenters. The van der Waals surface area contributed by atoms with Crippen molar-refractivity contribution in [3.05, 3.63) is 29.3 Å². The number of halogens is 1. The van der Waals surface area contributed by atoms with Gasteiger partial charge < -0.3 is 5.32 Å². The summed E-state index contributed by atoms with van der Waals surface area (Å²) in [5.41, 5.74) is 0.428. The van der Waals surface area contributed by atoms with Crippen molar-refractivity contribution in [2.75, 3.05) is 23.6 Å². The summed E-state index contributed by atoms with van der Waals surface area (Å²) in [5, 5.41) is 3.48. The van der Waals surface area contributed by atoms with Gasteiger partial charge in [0.2, 0.25) is 10.0 Å². The molecule has 96 valence electrons. The standard InChI is InChI=1S/C11H17ClN2O2S/c1-2-13-8-5-9-17(15,16)14-11-7-4-3-6-10(11)12/h3-4,6-7,13-14H,2,5,8-9H2,1H3. The van der Waals surface area contributed by atoms with Crippen LogP contribution in [-0.2, 0) is 10.0 Å². The fourth-order valence-corrected chi connectivity index (χ4v) is 2.71. The number of anilines is 1. The maximum absolute atomic E-state index is 11.7. The fourth-order valence-electron chi connectivity index (χ4n) is 1.33. The van der Waals surface area contributed by atoms with Crippen LogP contribution in [0.3, 0.4) is 0 Å². The topological polar surface area (TPSA) is 58.2 Å². The Kier molecular flexibility index (Phi) is 5.74. The number of para-hydroxylation sites is 1. The highest BCUT2D eigenvalue weighted by Gasteiger charge is 2.11. The molecular formula is C11H17ClN2O2S. The van der Waals surface area contributed by atoms with Gasteiger partial charge in [0.15, 0.2) is 0 Å². The molecule has 0 radical (unpaired) electrons. The van der Waals surface area contributed by atoms with E-state index in [1.54, 1.807) is 24.3 Å². The third-order valence-corrected chi connectivity index (χ3v) is 3.84. The van der Waals surface area contributed by atoms with E-state index in [1.807, 2.05) is 6.92 Å². The van der Waals surface area contributed by atoms with E-state index in [4.69, 9.17) is 11.6 Å². The number of nitrogens with one attached hydrogen (secondary N) is 2. The minimum atomic E-state index is -3.31. The highest BCUT2D eigenvalue weighted by molar-refractivity contribution is 7.92. The van der Waals surface area contributed by atoms with E-state index in [9.17, 15) is 8.42 Å². The summed E-state index contributed by atoms with van der Waals surface area (Å²) in [7, 11) is -3.31. The van der Waals surface area contributed by atoms with E-state index in [-0.39, 0.29) is 5.75 Å². The van der Waals surface area contributed by atoms with Crippen LogP contribution in [0.2, 0.25) is 5.02 Å². The van der Waals surface area contributed by atoms with Gasteiger partial charge in [-0.15, -0.1) is 0 Å². The van der Waals surface area contributed by atoms with Crippen LogP contribution < -0.4 is 10.0 Å². The fraction of sp³-hybridized carbons (Fsp3) is 0.455. The lowest BCUT2D eigenvalue weighted by molar-refractivity contribution is 0.595. The number of hydrogen-bond acceptors (Lipinski definition) is 3. The van der Waals surface area contributed by atoms with Crippen LogP contribution in [0.25, 0.3) is 0 Å². The van der Waals surface area contributed by atoms with Gasteiger partial charge in [-0.1, -0.05) is 30.7 Å². The van der Waals surface area contributed by atoms with Crippen molar-refractivity contribution in [3.63, 3.8) is 0 Å². The minimum absolute atomic E-state index is 0.0885. The third-order valence-electron chi connectivity index (χ3n) is 2.16. The van der Waals surface area contributed by atoms with E-state index in [2.05, 4.69) is 10.0 Å². The second kappa shape index (κ2) is 6.83. The molecule has 0 aliphatic rings. The molecule has 1 aromatic carbocycles. The maximum Gasteiger partial charge on any atom is 0.232 e. The Bertz CT molecular complexity index is 449. The second-order valence-electron chi connectivity index (χ2n) is 3.61. The van der Waals surface area contributed by atoms with Crippen LogP contribution in [0.5, 0.6) is 0 Å². The van der Waals surface area contributed by atoms with Crippen molar-refractivity contribution in [3.8, 4) is 0 Å². The molecule has 0 aromatic heterocycles. The molecule has 1 rings (SSSR count). The van der Waals surface area contributed by atoms with Crippen molar-refractivity contribution in [1.29, 1.82) is 0 Å². The Morgan fingerprint density at radius 2 is 2.00 bits per heavy atom. The summed E-state index contributed by atoms with van der Waals surface area (Å²) in [6, 6.07) is 6.79. The molecule has 17 heavy (non-hydrogen) atoms. The summed E-state index contributed by atoms with van der Waals surface area (Å²) >= 11 is 5.87. The molecule has 0 saturated carbocycles. The largest absolute Gasteiger partial charge is 0.317 e. The summed E-state index contributed by atoms with van der Waals surface area (Å²) in [6.07, 6.45) is 0.577. The van der Waals surface area contributed by atoms with Crippen LogP contribution in [-0.4, -0.2) is 27.3 Å². The molecule has 0 saturated heterocycles. The number of benzene rings is 1. The van der Waals surface area contributed by atoms with Crippen LogP contribution >= 0.6 is 11.6 Å². The average molecular weight is 277 g/mol. The van der Waals surface area contributed by atoms with Crippen molar-refractivity contribution in [2.24, 2.45) is 0 Å². The Morgan fingerprint density at radius 3 is 2.65 bits per heavy atom. The van der Waals surface area contributed by atoms with Crippen molar-refractivity contribution < 1.29 is 8.42 Å². The lowest BCUT2D eigenvalue weighted by atomic mass is 10.3. The van der Waals surface area contributed by atoms with Gasteiger partial charge in [0.25, 0.3) is 0 Å².